The molecular weight excluding hydrogens is 348 g/mol. The van der Waals surface area contributed by atoms with Crippen LogP contribution in [0.2, 0.25) is 0 Å². The van der Waals surface area contributed by atoms with E-state index < -0.39 is 12.1 Å². The van der Waals surface area contributed by atoms with Gasteiger partial charge in [-0.05, 0) is 17.7 Å². The first-order chi connectivity index (χ1) is 13.0. The van der Waals surface area contributed by atoms with Crippen LogP contribution in [0.1, 0.15) is 15.9 Å². The average molecular weight is 370 g/mol. The zero-order valence-corrected chi connectivity index (χ0v) is 15.3. The van der Waals surface area contributed by atoms with E-state index in [0.717, 1.165) is 5.56 Å². The van der Waals surface area contributed by atoms with Crippen LogP contribution in [0.4, 0.5) is 10.5 Å². The van der Waals surface area contributed by atoms with Gasteiger partial charge in [0.15, 0.2) is 5.78 Å². The van der Waals surface area contributed by atoms with E-state index >= 15 is 0 Å². The summed E-state index contributed by atoms with van der Waals surface area (Å²) in [4.78, 5) is 37.0. The molecule has 0 aliphatic heterocycles. The molecule has 1 amide bonds. The van der Waals surface area contributed by atoms with Crippen molar-refractivity contribution in [1.82, 2.24) is 4.90 Å². The Bertz CT molecular complexity index is 792. The fourth-order valence-electron chi connectivity index (χ4n) is 2.33. The zero-order chi connectivity index (χ0) is 19.6. The summed E-state index contributed by atoms with van der Waals surface area (Å²) in [7, 11) is 2.79. The van der Waals surface area contributed by atoms with Crippen LogP contribution < -0.4 is 5.32 Å². The second kappa shape index (κ2) is 9.96. The molecule has 0 bridgehead atoms. The summed E-state index contributed by atoms with van der Waals surface area (Å²) >= 11 is 0. The van der Waals surface area contributed by atoms with Crippen molar-refractivity contribution in [2.24, 2.45) is 0 Å². The Hall–Kier alpha value is -3.35. The SMILES string of the molecule is COC(=O)c1ccccc1NCC(=O)CN(C)C(=O)OCc1ccccc1. The molecule has 0 aliphatic rings. The molecule has 0 saturated carbocycles. The number of methoxy groups -OCH3 is 1. The Kier molecular flexibility index (Phi) is 7.37. The van der Waals surface area contributed by atoms with Gasteiger partial charge < -0.3 is 19.7 Å². The number of hydrogen-bond donors (Lipinski definition) is 1. The topological polar surface area (TPSA) is 84.9 Å². The van der Waals surface area contributed by atoms with Gasteiger partial charge in [-0.25, -0.2) is 9.59 Å². The number of ketones is 1. The van der Waals surface area contributed by atoms with Crippen molar-refractivity contribution in [3.05, 3.63) is 65.7 Å². The lowest BCUT2D eigenvalue weighted by atomic mass is 10.1. The Morgan fingerprint density at radius 3 is 2.37 bits per heavy atom. The number of nitrogens with zero attached hydrogens (tertiary/aromatic N) is 1. The largest absolute Gasteiger partial charge is 0.465 e. The summed E-state index contributed by atoms with van der Waals surface area (Å²) in [6, 6.07) is 16.0. The quantitative estimate of drug-likeness (QED) is 0.719. The van der Waals surface area contributed by atoms with Crippen molar-refractivity contribution in [3.63, 3.8) is 0 Å². The predicted molar refractivity (Wildman–Crippen MR) is 101 cm³/mol. The minimum absolute atomic E-state index is 0.0374. The number of carbonyl (C=O) groups excluding carboxylic acids is 3. The van der Waals surface area contributed by atoms with Crippen molar-refractivity contribution >= 4 is 23.5 Å². The van der Waals surface area contributed by atoms with E-state index in [1.807, 2.05) is 30.3 Å². The highest BCUT2D eigenvalue weighted by atomic mass is 16.6. The lowest BCUT2D eigenvalue weighted by Gasteiger charge is -2.17. The maximum atomic E-state index is 12.1. The molecule has 2 aromatic rings. The number of likely N-dealkylation sites (N-methyl/N-ethyl adjacent to an activating group) is 1. The maximum absolute atomic E-state index is 12.1. The molecule has 0 atom stereocenters. The van der Waals surface area contributed by atoms with Crippen LogP contribution in [0.25, 0.3) is 0 Å². The molecule has 27 heavy (non-hydrogen) atoms. The second-order valence-electron chi connectivity index (χ2n) is 5.83. The zero-order valence-electron chi connectivity index (χ0n) is 15.3. The van der Waals surface area contributed by atoms with Crippen LogP contribution in [0.5, 0.6) is 0 Å². The number of Topliss-reactive ketones (excluding diaryl/α,β-unsaturated/α-hetero) is 1. The lowest BCUT2D eigenvalue weighted by Crippen LogP contribution is -2.35. The molecule has 0 heterocycles. The van der Waals surface area contributed by atoms with Crippen LogP contribution in [-0.4, -0.2) is 50.0 Å². The smallest absolute Gasteiger partial charge is 0.410 e. The van der Waals surface area contributed by atoms with Gasteiger partial charge in [-0.15, -0.1) is 0 Å². The van der Waals surface area contributed by atoms with Crippen molar-refractivity contribution < 1.29 is 23.9 Å². The molecule has 7 nitrogen and oxygen atoms in total. The summed E-state index contributed by atoms with van der Waals surface area (Å²) in [5.74, 6) is -0.721. The number of benzene rings is 2. The lowest BCUT2D eigenvalue weighted by molar-refractivity contribution is -0.118. The maximum Gasteiger partial charge on any atom is 0.410 e. The number of anilines is 1. The van der Waals surface area contributed by atoms with E-state index in [4.69, 9.17) is 9.47 Å². The number of carbonyl (C=O) groups is 3. The Morgan fingerprint density at radius 1 is 1.00 bits per heavy atom. The fourth-order valence-corrected chi connectivity index (χ4v) is 2.33. The highest BCUT2D eigenvalue weighted by Gasteiger charge is 2.16. The van der Waals surface area contributed by atoms with E-state index in [1.165, 1.54) is 19.1 Å². The minimum Gasteiger partial charge on any atom is -0.465 e. The third-order valence-electron chi connectivity index (χ3n) is 3.74. The van der Waals surface area contributed by atoms with Gasteiger partial charge in [-0.2, -0.15) is 0 Å². The molecule has 0 aromatic heterocycles. The highest BCUT2D eigenvalue weighted by molar-refractivity contribution is 5.96. The number of esters is 1. The molecule has 7 heteroatoms. The summed E-state index contributed by atoms with van der Waals surface area (Å²) in [5, 5.41) is 2.90. The summed E-state index contributed by atoms with van der Waals surface area (Å²) < 4.78 is 9.88. The summed E-state index contributed by atoms with van der Waals surface area (Å²) in [6.45, 7) is -0.00567. The summed E-state index contributed by atoms with van der Waals surface area (Å²) in [5.41, 5.74) is 1.70. The monoisotopic (exact) mass is 370 g/mol. The molecule has 0 spiro atoms. The van der Waals surface area contributed by atoms with E-state index in [2.05, 4.69) is 5.32 Å². The molecule has 2 rings (SSSR count). The van der Waals surface area contributed by atoms with E-state index in [-0.39, 0.29) is 25.5 Å². The van der Waals surface area contributed by atoms with Crippen LogP contribution in [-0.2, 0) is 20.9 Å². The van der Waals surface area contributed by atoms with Crippen LogP contribution in [0.15, 0.2) is 54.6 Å². The first-order valence-electron chi connectivity index (χ1n) is 8.36. The molecule has 1 N–H and O–H groups in total. The van der Waals surface area contributed by atoms with Crippen molar-refractivity contribution in [2.45, 2.75) is 6.61 Å². The van der Waals surface area contributed by atoms with Gasteiger partial charge in [-0.3, -0.25) is 4.79 Å². The van der Waals surface area contributed by atoms with Crippen molar-refractivity contribution in [1.29, 1.82) is 0 Å². The molecule has 0 radical (unpaired) electrons. The fraction of sp³-hybridized carbons (Fsp3) is 0.250. The van der Waals surface area contributed by atoms with Gasteiger partial charge in [-0.1, -0.05) is 42.5 Å². The molecule has 0 aliphatic carbocycles. The Morgan fingerprint density at radius 2 is 1.67 bits per heavy atom. The number of nitrogens with one attached hydrogen (secondary N) is 1. The third-order valence-corrected chi connectivity index (χ3v) is 3.74. The molecule has 0 fully saturated rings. The highest BCUT2D eigenvalue weighted by Crippen LogP contribution is 2.15. The number of rotatable bonds is 8. The van der Waals surface area contributed by atoms with Crippen molar-refractivity contribution in [3.8, 4) is 0 Å². The average Bonchev–Trinajstić information content (AvgIpc) is 2.70. The van der Waals surface area contributed by atoms with Gasteiger partial charge >= 0.3 is 12.1 Å². The van der Waals surface area contributed by atoms with Gasteiger partial charge in [0.1, 0.15) is 6.61 Å². The molecular formula is C20H22N2O5. The van der Waals surface area contributed by atoms with E-state index in [9.17, 15) is 14.4 Å². The number of para-hydroxylation sites is 1. The molecule has 2 aromatic carbocycles. The van der Waals surface area contributed by atoms with Gasteiger partial charge in [0.25, 0.3) is 0 Å². The third kappa shape index (κ3) is 6.14. The first-order valence-corrected chi connectivity index (χ1v) is 8.36. The van der Waals surface area contributed by atoms with Gasteiger partial charge in [0.2, 0.25) is 0 Å². The molecule has 0 saturated heterocycles. The molecule has 0 unspecified atom stereocenters. The van der Waals surface area contributed by atoms with E-state index in [0.29, 0.717) is 11.3 Å². The second-order valence-corrected chi connectivity index (χ2v) is 5.83. The molecule has 142 valence electrons. The minimum atomic E-state index is -0.581. The van der Waals surface area contributed by atoms with Crippen LogP contribution in [0, 0.1) is 0 Å². The normalized spacial score (nSPS) is 10.0. The van der Waals surface area contributed by atoms with Gasteiger partial charge in [0.05, 0.1) is 25.8 Å². The van der Waals surface area contributed by atoms with Crippen molar-refractivity contribution in [2.75, 3.05) is 32.6 Å². The Balaban J connectivity index is 1.81. The number of ether oxygens (including phenoxy) is 2. The van der Waals surface area contributed by atoms with Crippen LogP contribution in [0.3, 0.4) is 0 Å². The standard InChI is InChI=1S/C20H22N2O5/c1-22(20(25)27-14-15-8-4-3-5-9-15)13-16(23)12-21-18-11-7-6-10-17(18)19(24)26-2/h3-11,21H,12-14H2,1-2H3. The summed E-state index contributed by atoms with van der Waals surface area (Å²) in [6.07, 6.45) is -0.581. The number of hydrogen-bond acceptors (Lipinski definition) is 6. The van der Waals surface area contributed by atoms with Crippen LogP contribution >= 0.6 is 0 Å². The first kappa shape index (κ1) is 20.0. The van der Waals surface area contributed by atoms with Gasteiger partial charge in [0, 0.05) is 12.7 Å². The van der Waals surface area contributed by atoms with E-state index in [1.54, 1.807) is 24.3 Å². The number of amides is 1. The predicted octanol–water partition coefficient (Wildman–Crippen LogP) is 2.72. The Labute approximate surface area is 157 Å².